The Hall–Kier alpha value is -0.650. The summed E-state index contributed by atoms with van der Waals surface area (Å²) in [6.07, 6.45) is 7.11. The molecule has 0 aromatic rings. The minimum Gasteiger partial charge on any atom is -0.375 e. The molecule has 1 amide bonds. The van der Waals surface area contributed by atoms with E-state index in [4.69, 9.17) is 9.57 Å². The van der Waals surface area contributed by atoms with Crippen LogP contribution in [-0.4, -0.2) is 48.8 Å². The van der Waals surface area contributed by atoms with Crippen LogP contribution >= 0.6 is 0 Å². The van der Waals surface area contributed by atoms with Crippen molar-refractivity contribution < 1.29 is 14.4 Å². The molecule has 1 aliphatic carbocycles. The maximum atomic E-state index is 12.4. The summed E-state index contributed by atoms with van der Waals surface area (Å²) in [6, 6.07) is -0.161. The highest BCUT2D eigenvalue weighted by Gasteiger charge is 2.51. The zero-order chi connectivity index (χ0) is 12.9. The minimum absolute atomic E-state index is 0.0513. The molecule has 0 aromatic heterocycles. The molecule has 3 aliphatic heterocycles. The number of rotatable bonds is 2. The van der Waals surface area contributed by atoms with Crippen LogP contribution in [0.4, 0.5) is 0 Å². The molecule has 4 aliphatic rings. The van der Waals surface area contributed by atoms with Crippen molar-refractivity contribution in [1.29, 1.82) is 0 Å². The highest BCUT2D eigenvalue weighted by Crippen LogP contribution is 2.48. The second kappa shape index (κ2) is 4.43. The lowest BCUT2D eigenvalue weighted by Crippen LogP contribution is -2.63. The molecule has 106 valence electrons. The third-order valence-electron chi connectivity index (χ3n) is 5.29. The molecule has 1 saturated carbocycles. The van der Waals surface area contributed by atoms with Crippen LogP contribution < -0.4 is 5.48 Å². The first-order valence-corrected chi connectivity index (χ1v) is 7.57. The van der Waals surface area contributed by atoms with E-state index in [1.54, 1.807) is 0 Å². The Bertz CT molecular complexity index is 369. The van der Waals surface area contributed by atoms with Crippen molar-refractivity contribution >= 4 is 5.91 Å². The quantitative estimate of drug-likeness (QED) is 0.804. The Labute approximate surface area is 113 Å². The van der Waals surface area contributed by atoms with Gasteiger partial charge < -0.3 is 9.64 Å². The summed E-state index contributed by atoms with van der Waals surface area (Å²) >= 11 is 0. The number of ether oxygens (including phenoxy) is 1. The van der Waals surface area contributed by atoms with Gasteiger partial charge in [0, 0.05) is 31.5 Å². The summed E-state index contributed by atoms with van der Waals surface area (Å²) in [5, 5.41) is 0. The van der Waals surface area contributed by atoms with Gasteiger partial charge in [0.05, 0.1) is 6.10 Å². The van der Waals surface area contributed by atoms with Crippen LogP contribution in [0.3, 0.4) is 0 Å². The van der Waals surface area contributed by atoms with Gasteiger partial charge in [-0.1, -0.05) is 6.42 Å². The molecule has 1 spiro atoms. The van der Waals surface area contributed by atoms with Crippen molar-refractivity contribution in [2.24, 2.45) is 5.41 Å². The fraction of sp³-hybridized carbons (Fsp3) is 0.929. The van der Waals surface area contributed by atoms with Gasteiger partial charge in [-0.05, 0) is 25.7 Å². The minimum atomic E-state index is -0.161. The van der Waals surface area contributed by atoms with Crippen LogP contribution in [0.1, 0.15) is 38.5 Å². The highest BCUT2D eigenvalue weighted by atomic mass is 16.7. The summed E-state index contributed by atoms with van der Waals surface area (Å²) in [7, 11) is 0. The number of carbonyl (C=O) groups excluding carboxylic acids is 1. The van der Waals surface area contributed by atoms with Gasteiger partial charge in [-0.25, -0.2) is 0 Å². The highest BCUT2D eigenvalue weighted by molar-refractivity contribution is 5.83. The van der Waals surface area contributed by atoms with Gasteiger partial charge in [-0.15, -0.1) is 0 Å². The predicted molar refractivity (Wildman–Crippen MR) is 68.3 cm³/mol. The summed E-state index contributed by atoms with van der Waals surface area (Å²) in [4.78, 5) is 19.9. The molecule has 5 heteroatoms. The van der Waals surface area contributed by atoms with Gasteiger partial charge in [0.25, 0.3) is 0 Å². The third kappa shape index (κ3) is 1.99. The zero-order valence-electron chi connectivity index (χ0n) is 11.3. The average molecular weight is 266 g/mol. The number of nitrogens with zero attached hydrogens (tertiary/aromatic N) is 1. The van der Waals surface area contributed by atoms with E-state index < -0.39 is 0 Å². The van der Waals surface area contributed by atoms with E-state index in [9.17, 15) is 4.79 Å². The Morgan fingerprint density at radius 3 is 2.68 bits per heavy atom. The third-order valence-corrected chi connectivity index (χ3v) is 5.29. The largest absolute Gasteiger partial charge is 0.375 e. The van der Waals surface area contributed by atoms with Gasteiger partial charge in [0.1, 0.15) is 12.1 Å². The normalized spacial score (nSPS) is 40.2. The molecular weight excluding hydrogens is 244 g/mol. The monoisotopic (exact) mass is 266 g/mol. The second-order valence-corrected chi connectivity index (χ2v) is 6.66. The van der Waals surface area contributed by atoms with Crippen molar-refractivity contribution in [1.82, 2.24) is 10.4 Å². The Morgan fingerprint density at radius 1 is 1.21 bits per heavy atom. The summed E-state index contributed by atoms with van der Waals surface area (Å²) < 4.78 is 5.64. The van der Waals surface area contributed by atoms with Gasteiger partial charge >= 0.3 is 0 Å². The summed E-state index contributed by atoms with van der Waals surface area (Å²) in [6.45, 7) is 2.76. The molecule has 0 aromatic carbocycles. The summed E-state index contributed by atoms with van der Waals surface area (Å²) in [5.74, 6) is 0.220. The number of hydroxylamine groups is 1. The molecule has 1 N–H and O–H groups in total. The number of amides is 1. The molecule has 3 saturated heterocycles. The van der Waals surface area contributed by atoms with Crippen LogP contribution in [0.15, 0.2) is 0 Å². The van der Waals surface area contributed by atoms with Crippen molar-refractivity contribution in [2.75, 3.05) is 19.7 Å². The van der Waals surface area contributed by atoms with Gasteiger partial charge in [-0.3, -0.25) is 9.63 Å². The van der Waals surface area contributed by atoms with Crippen molar-refractivity contribution in [3.05, 3.63) is 0 Å². The standard InChI is InChI=1S/C14H22N2O3/c17-13(16-8-14(9-16)4-2-5-14)10-7-12(19-15-10)11-3-1-6-18-11/h10-12,15H,1-9H2. The SMILES string of the molecule is O=C(C1CC(C2CCCO2)ON1)N1CC2(CCC2)C1. The van der Waals surface area contributed by atoms with Crippen molar-refractivity contribution in [3.63, 3.8) is 0 Å². The van der Waals surface area contributed by atoms with E-state index in [0.717, 1.165) is 39.0 Å². The van der Waals surface area contributed by atoms with E-state index in [1.807, 2.05) is 4.90 Å². The number of nitrogens with one attached hydrogen (secondary N) is 1. The lowest BCUT2D eigenvalue weighted by Gasteiger charge is -2.56. The van der Waals surface area contributed by atoms with Crippen LogP contribution in [0.25, 0.3) is 0 Å². The Balaban J connectivity index is 1.30. The molecule has 4 fully saturated rings. The summed E-state index contributed by atoms with van der Waals surface area (Å²) in [5.41, 5.74) is 3.43. The van der Waals surface area contributed by atoms with Crippen LogP contribution in [-0.2, 0) is 14.4 Å². The first kappa shape index (κ1) is 12.1. The number of hydrogen-bond acceptors (Lipinski definition) is 4. The smallest absolute Gasteiger partial charge is 0.242 e. The van der Waals surface area contributed by atoms with Gasteiger partial charge in [0.15, 0.2) is 0 Å². The molecule has 19 heavy (non-hydrogen) atoms. The molecule has 0 radical (unpaired) electrons. The van der Waals surface area contributed by atoms with E-state index in [2.05, 4.69) is 5.48 Å². The molecule has 5 nitrogen and oxygen atoms in total. The first-order valence-electron chi connectivity index (χ1n) is 7.57. The second-order valence-electron chi connectivity index (χ2n) is 6.66. The van der Waals surface area contributed by atoms with Gasteiger partial charge in [-0.2, -0.15) is 5.48 Å². The van der Waals surface area contributed by atoms with Crippen molar-refractivity contribution in [3.8, 4) is 0 Å². The van der Waals surface area contributed by atoms with Crippen molar-refractivity contribution in [2.45, 2.75) is 56.8 Å². The molecule has 3 unspecified atom stereocenters. The molecule has 3 atom stereocenters. The fourth-order valence-electron chi connectivity index (χ4n) is 3.91. The van der Waals surface area contributed by atoms with Crippen LogP contribution in [0, 0.1) is 5.41 Å². The average Bonchev–Trinajstić information content (AvgIpc) is 2.96. The van der Waals surface area contributed by atoms with E-state index in [0.29, 0.717) is 5.41 Å². The maximum absolute atomic E-state index is 12.4. The maximum Gasteiger partial charge on any atom is 0.242 e. The molecule has 0 bridgehead atoms. The molecule has 3 heterocycles. The zero-order valence-corrected chi connectivity index (χ0v) is 11.3. The topological polar surface area (TPSA) is 50.8 Å². The van der Waals surface area contributed by atoms with Crippen LogP contribution in [0.5, 0.6) is 0 Å². The van der Waals surface area contributed by atoms with E-state index in [-0.39, 0.29) is 24.2 Å². The fourth-order valence-corrected chi connectivity index (χ4v) is 3.91. The number of likely N-dealkylation sites (tertiary alicyclic amines) is 1. The lowest BCUT2D eigenvalue weighted by molar-refractivity contribution is -0.153. The first-order chi connectivity index (χ1) is 9.26. The van der Waals surface area contributed by atoms with Crippen LogP contribution in [0.2, 0.25) is 0 Å². The predicted octanol–water partition coefficient (Wildman–Crippen LogP) is 0.840. The number of hydrogen-bond donors (Lipinski definition) is 1. The van der Waals surface area contributed by atoms with Gasteiger partial charge in [0.2, 0.25) is 5.91 Å². The lowest BCUT2D eigenvalue weighted by atomic mass is 9.63. The molecular formula is C14H22N2O3. The Morgan fingerprint density at radius 2 is 2.05 bits per heavy atom. The number of carbonyl (C=O) groups is 1. The molecule has 4 rings (SSSR count). The van der Waals surface area contributed by atoms with E-state index in [1.165, 1.54) is 19.3 Å². The van der Waals surface area contributed by atoms with E-state index >= 15 is 0 Å². The Kier molecular flexibility index (Phi) is 2.83.